The highest BCUT2D eigenvalue weighted by Gasteiger charge is 2.35. The maximum Gasteiger partial charge on any atom is 0.270 e. The Bertz CT molecular complexity index is 1080. The summed E-state index contributed by atoms with van der Waals surface area (Å²) in [6.07, 6.45) is 0.342. The maximum absolute atomic E-state index is 13.1. The van der Waals surface area contributed by atoms with Gasteiger partial charge in [-0.25, -0.2) is 0 Å². The van der Waals surface area contributed by atoms with Crippen LogP contribution in [-0.4, -0.2) is 29.0 Å². The van der Waals surface area contributed by atoms with Crippen molar-refractivity contribution in [2.75, 3.05) is 4.90 Å². The number of ether oxygens (including phenoxy) is 1. The van der Waals surface area contributed by atoms with Gasteiger partial charge in [0.25, 0.3) is 11.8 Å². The fraction of sp³-hybridized carbons (Fsp3) is 0.182. The molecule has 1 N–H and O–H groups in total. The molecule has 3 rings (SSSR count). The van der Waals surface area contributed by atoms with Gasteiger partial charge in [-0.05, 0) is 68.4 Å². The fourth-order valence-electron chi connectivity index (χ4n) is 2.99. The molecule has 154 valence electrons. The first-order chi connectivity index (χ1) is 14.2. The first kappa shape index (κ1) is 21.2. The zero-order chi connectivity index (χ0) is 22.0. The number of aliphatic carboxylic acids is 1. The smallest absolute Gasteiger partial charge is 0.270 e. The third-order valence-corrected chi connectivity index (χ3v) is 4.82. The first-order valence-corrected chi connectivity index (χ1v) is 9.54. The van der Waals surface area contributed by atoms with Gasteiger partial charge in [0, 0.05) is 0 Å². The average Bonchev–Trinajstić information content (AvgIpc) is 2.67. The maximum atomic E-state index is 13.1. The number of nitrogens with zero attached hydrogens (tertiary/aromatic N) is 1. The van der Waals surface area contributed by atoms with Gasteiger partial charge in [-0.3, -0.25) is 19.8 Å². The minimum absolute atomic E-state index is 0.0223. The van der Waals surface area contributed by atoms with Crippen molar-refractivity contribution >= 4 is 46.9 Å². The fourth-order valence-corrected chi connectivity index (χ4v) is 3.27. The van der Waals surface area contributed by atoms with Gasteiger partial charge in [-0.15, -0.1) is 0 Å². The molecule has 1 heterocycles. The van der Waals surface area contributed by atoms with Gasteiger partial charge in [0.1, 0.15) is 17.4 Å². The molecule has 0 unspecified atom stereocenters. The highest BCUT2D eigenvalue weighted by molar-refractivity contribution is 7.80. The first-order valence-electron chi connectivity index (χ1n) is 9.13. The number of hydrogen-bond donors (Lipinski definition) is 1. The van der Waals surface area contributed by atoms with Crippen LogP contribution >= 0.6 is 12.2 Å². The van der Waals surface area contributed by atoms with Gasteiger partial charge >= 0.3 is 0 Å². The number of nitrogens with one attached hydrogen (secondary N) is 1. The van der Waals surface area contributed by atoms with E-state index in [1.54, 1.807) is 30.3 Å². The molecule has 1 fully saturated rings. The van der Waals surface area contributed by atoms with Crippen molar-refractivity contribution < 1.29 is 24.2 Å². The number of carboxylic acid groups (broad SMARTS) is 1. The summed E-state index contributed by atoms with van der Waals surface area (Å²) in [4.78, 5) is 37.6. The largest absolute Gasteiger partial charge is 0.546 e. The van der Waals surface area contributed by atoms with Crippen LogP contribution < -0.4 is 20.1 Å². The van der Waals surface area contributed by atoms with E-state index >= 15 is 0 Å². The third-order valence-electron chi connectivity index (χ3n) is 4.53. The molecular weight excluding hydrogens is 404 g/mol. The predicted molar refractivity (Wildman–Crippen MR) is 114 cm³/mol. The van der Waals surface area contributed by atoms with Crippen LogP contribution in [0, 0.1) is 13.8 Å². The minimum atomic E-state index is -1.33. The van der Waals surface area contributed by atoms with Gasteiger partial charge in [-0.2, -0.15) is 0 Å². The number of carbonyl (C=O) groups is 3. The molecule has 2 aromatic rings. The third kappa shape index (κ3) is 4.38. The molecule has 0 saturated carbocycles. The molecule has 1 atom stereocenters. The highest BCUT2D eigenvalue weighted by atomic mass is 32.1. The molecule has 8 heteroatoms. The van der Waals surface area contributed by atoms with E-state index in [0.29, 0.717) is 17.0 Å². The van der Waals surface area contributed by atoms with Gasteiger partial charge in [-0.1, -0.05) is 29.8 Å². The molecule has 2 aromatic carbocycles. The monoisotopic (exact) mass is 423 g/mol. The molecular formula is C22H19N2O5S-. The molecule has 0 spiro atoms. The molecule has 7 nitrogen and oxygen atoms in total. The van der Waals surface area contributed by atoms with Crippen molar-refractivity contribution in [3.8, 4) is 5.75 Å². The molecule has 1 aliphatic rings. The zero-order valence-corrected chi connectivity index (χ0v) is 17.4. The van der Waals surface area contributed by atoms with E-state index in [1.165, 1.54) is 17.9 Å². The number of hydrogen-bond acceptors (Lipinski definition) is 6. The molecule has 30 heavy (non-hydrogen) atoms. The van der Waals surface area contributed by atoms with Crippen LogP contribution in [0.25, 0.3) is 6.08 Å². The van der Waals surface area contributed by atoms with Crippen LogP contribution in [0.2, 0.25) is 0 Å². The second kappa shape index (κ2) is 8.46. The van der Waals surface area contributed by atoms with Crippen molar-refractivity contribution in [1.29, 1.82) is 0 Å². The van der Waals surface area contributed by atoms with E-state index in [-0.39, 0.29) is 10.7 Å². The van der Waals surface area contributed by atoms with Crippen LogP contribution in [0.4, 0.5) is 5.69 Å². The lowest BCUT2D eigenvalue weighted by Crippen LogP contribution is -2.54. The summed E-state index contributed by atoms with van der Waals surface area (Å²) < 4.78 is 5.22. The number of thiocarbonyl (C=S) groups is 1. The van der Waals surface area contributed by atoms with Crippen LogP contribution in [0.15, 0.2) is 48.0 Å². The number of benzene rings is 2. The molecule has 1 aliphatic heterocycles. The molecule has 2 amide bonds. The highest BCUT2D eigenvalue weighted by Crippen LogP contribution is 2.26. The van der Waals surface area contributed by atoms with E-state index in [0.717, 1.165) is 11.1 Å². The van der Waals surface area contributed by atoms with Crippen molar-refractivity contribution in [3.63, 3.8) is 0 Å². The summed E-state index contributed by atoms with van der Waals surface area (Å²) in [5.41, 5.74) is 2.99. The molecule has 1 saturated heterocycles. The van der Waals surface area contributed by atoms with Crippen molar-refractivity contribution in [1.82, 2.24) is 5.32 Å². The van der Waals surface area contributed by atoms with Crippen molar-refractivity contribution in [2.45, 2.75) is 26.9 Å². The number of anilines is 1. The summed E-state index contributed by atoms with van der Waals surface area (Å²) in [5, 5.41) is 13.4. The van der Waals surface area contributed by atoms with E-state index in [4.69, 9.17) is 17.0 Å². The van der Waals surface area contributed by atoms with E-state index in [2.05, 4.69) is 5.32 Å². The summed E-state index contributed by atoms with van der Waals surface area (Å²) in [6, 6.07) is 11.9. The Morgan fingerprint density at radius 3 is 2.43 bits per heavy atom. The lowest BCUT2D eigenvalue weighted by atomic mass is 10.0. The summed E-state index contributed by atoms with van der Waals surface area (Å²) in [6.45, 7) is 5.17. The molecule has 0 bridgehead atoms. The SMILES string of the molecule is Cc1ccc(N2C(=O)/C(=C/c3ccc(O[C@@H](C)C(=O)[O-])cc3)C(=O)NC2=S)c(C)c1. The van der Waals surface area contributed by atoms with Crippen molar-refractivity contribution in [3.05, 3.63) is 64.7 Å². The normalized spacial score (nSPS) is 16.4. The Kier molecular flexibility index (Phi) is 5.98. The molecule has 0 aromatic heterocycles. The Morgan fingerprint density at radius 1 is 1.17 bits per heavy atom. The second-order valence-electron chi connectivity index (χ2n) is 6.90. The zero-order valence-electron chi connectivity index (χ0n) is 16.6. The number of carboxylic acids is 1. The molecule has 0 radical (unpaired) electrons. The minimum Gasteiger partial charge on any atom is -0.546 e. The Hall–Kier alpha value is -3.52. The van der Waals surface area contributed by atoms with E-state index < -0.39 is 23.9 Å². The summed E-state index contributed by atoms with van der Waals surface area (Å²) in [7, 11) is 0. The van der Waals surface area contributed by atoms with Crippen LogP contribution in [-0.2, 0) is 14.4 Å². The van der Waals surface area contributed by atoms with Crippen LogP contribution in [0.1, 0.15) is 23.6 Å². The topological polar surface area (TPSA) is 98.8 Å². The Labute approximate surface area is 179 Å². The van der Waals surface area contributed by atoms with Crippen LogP contribution in [0.5, 0.6) is 5.75 Å². The quantitative estimate of drug-likeness (QED) is 0.446. The van der Waals surface area contributed by atoms with Gasteiger partial charge in [0.2, 0.25) is 0 Å². The standard InChI is InChI=1S/C22H20N2O5S/c1-12-4-9-18(13(2)10-12)24-20(26)17(19(25)23-22(24)30)11-15-5-7-16(8-6-15)29-14(3)21(27)28/h4-11,14H,1-3H3,(H,27,28)(H,23,25,30)/p-1/b17-11+/t14-/m0/s1. The Balaban J connectivity index is 1.90. The van der Waals surface area contributed by atoms with E-state index in [9.17, 15) is 19.5 Å². The molecule has 0 aliphatic carbocycles. The Morgan fingerprint density at radius 2 is 1.83 bits per heavy atom. The number of rotatable bonds is 5. The number of carbonyl (C=O) groups excluding carboxylic acids is 3. The van der Waals surface area contributed by atoms with Crippen molar-refractivity contribution in [2.24, 2.45) is 0 Å². The predicted octanol–water partition coefficient (Wildman–Crippen LogP) is 1.65. The van der Waals surface area contributed by atoms with E-state index in [1.807, 2.05) is 26.0 Å². The van der Waals surface area contributed by atoms with Gasteiger partial charge in [0.05, 0.1) is 11.7 Å². The number of aryl methyl sites for hydroxylation is 2. The van der Waals surface area contributed by atoms with Gasteiger partial charge in [0.15, 0.2) is 5.11 Å². The second-order valence-corrected chi connectivity index (χ2v) is 7.28. The number of amides is 2. The summed E-state index contributed by atoms with van der Waals surface area (Å²) in [5.74, 6) is -2.11. The van der Waals surface area contributed by atoms with Gasteiger partial charge < -0.3 is 14.6 Å². The average molecular weight is 423 g/mol. The lowest BCUT2D eigenvalue weighted by molar-refractivity contribution is -0.312. The van der Waals surface area contributed by atoms with Crippen LogP contribution in [0.3, 0.4) is 0 Å². The summed E-state index contributed by atoms with van der Waals surface area (Å²) >= 11 is 5.23. The lowest BCUT2D eigenvalue weighted by Gasteiger charge is -2.30.